The molecule has 43 heavy (non-hydrogen) atoms. The van der Waals surface area contributed by atoms with Crippen LogP contribution in [0.3, 0.4) is 0 Å². The van der Waals surface area contributed by atoms with Crippen LogP contribution in [0, 0.1) is 0 Å². The highest BCUT2D eigenvalue weighted by molar-refractivity contribution is 4.97. The summed E-state index contributed by atoms with van der Waals surface area (Å²) in [6.45, 7) is -3.00. The summed E-state index contributed by atoms with van der Waals surface area (Å²) < 4.78 is 37.4. The summed E-state index contributed by atoms with van der Waals surface area (Å²) in [4.78, 5) is 0. The van der Waals surface area contributed by atoms with Gasteiger partial charge in [-0.25, -0.2) is 0 Å². The topological polar surface area (TPSA) is 328 Å². The summed E-state index contributed by atoms with van der Waals surface area (Å²) in [5.74, 6) is 0. The Kier molecular flexibility index (Phi) is 12.0. The van der Waals surface area contributed by atoms with E-state index in [1.54, 1.807) is 0 Å². The first kappa shape index (κ1) is 35.1. The number of rotatable bonds is 9. The van der Waals surface area contributed by atoms with Gasteiger partial charge in [-0.1, -0.05) is 0 Å². The van der Waals surface area contributed by atoms with Gasteiger partial charge in [0, 0.05) is 0 Å². The van der Waals surface area contributed by atoms with Crippen LogP contribution in [0.5, 0.6) is 0 Å². The average Bonchev–Trinajstić information content (AvgIpc) is 2.99. The number of aliphatic hydroxyl groups excluding tert-OH is 13. The highest BCUT2D eigenvalue weighted by atomic mass is 16.8. The molecular formula is C23H40O20. The lowest BCUT2D eigenvalue weighted by molar-refractivity contribution is -0.387. The van der Waals surface area contributed by atoms with E-state index in [-0.39, 0.29) is 0 Å². The smallest absolute Gasteiger partial charge is 0.187 e. The van der Waals surface area contributed by atoms with Gasteiger partial charge in [0.2, 0.25) is 0 Å². The fourth-order valence-corrected chi connectivity index (χ4v) is 5.24. The van der Waals surface area contributed by atoms with Crippen molar-refractivity contribution in [2.24, 2.45) is 0 Å². The fraction of sp³-hybridized carbons (Fsp3) is 1.00. The van der Waals surface area contributed by atoms with Crippen LogP contribution in [0.2, 0.25) is 0 Å². The Hall–Kier alpha value is -0.800. The van der Waals surface area contributed by atoms with E-state index in [0.29, 0.717) is 0 Å². The van der Waals surface area contributed by atoms with Crippen molar-refractivity contribution >= 4 is 0 Å². The Morgan fingerprint density at radius 3 is 1.28 bits per heavy atom. The van der Waals surface area contributed by atoms with E-state index in [0.717, 1.165) is 0 Å². The van der Waals surface area contributed by atoms with E-state index in [9.17, 15) is 66.4 Å². The fourth-order valence-electron chi connectivity index (χ4n) is 5.24. The zero-order valence-electron chi connectivity index (χ0n) is 22.5. The molecule has 0 bridgehead atoms. The molecular weight excluding hydrogens is 596 g/mol. The van der Waals surface area contributed by atoms with Crippen molar-refractivity contribution in [3.8, 4) is 0 Å². The summed E-state index contributed by atoms with van der Waals surface area (Å²) in [7, 11) is 0. The van der Waals surface area contributed by atoms with Crippen LogP contribution in [0.1, 0.15) is 0 Å². The van der Waals surface area contributed by atoms with Crippen molar-refractivity contribution in [2.75, 3.05) is 26.4 Å². The van der Waals surface area contributed by atoms with E-state index in [1.165, 1.54) is 0 Å². The first-order valence-corrected chi connectivity index (χ1v) is 13.5. The van der Waals surface area contributed by atoms with Crippen molar-refractivity contribution in [3.05, 3.63) is 0 Å². The van der Waals surface area contributed by atoms with Crippen molar-refractivity contribution in [2.45, 2.75) is 117 Å². The minimum atomic E-state index is -2.01. The molecule has 0 aliphatic carbocycles. The van der Waals surface area contributed by atoms with Crippen molar-refractivity contribution in [1.82, 2.24) is 0 Å². The molecule has 0 amide bonds. The molecule has 252 valence electrons. The van der Waals surface area contributed by atoms with Crippen molar-refractivity contribution < 1.29 is 99.5 Å². The molecule has 4 aliphatic rings. The summed E-state index contributed by atoms with van der Waals surface area (Å²) in [6, 6.07) is 0. The molecule has 0 saturated carbocycles. The number of aliphatic hydroxyl groups is 13. The number of hydrogen-bond acceptors (Lipinski definition) is 20. The molecule has 4 fully saturated rings. The summed E-state index contributed by atoms with van der Waals surface area (Å²) in [5.41, 5.74) is 0. The Bertz CT molecular complexity index is 871. The standard InChI is InChI=1S/C23H40O20/c24-1-6-10(29)17(14(33)20(36)38-6)42-22-16(35)19(12(31)8(3-26)39-22)43-23-15(34)18(11(30)7(2-25)40-23)41-21-13(32)9(28)5(27)4-37-21/h5-36H,1-4H2/t5-,6+,7+,8+,9-,10-,11-,12-,13+,14+,15+,16+,17-,18-,19-,20+,21-,22-,23-/m0/s1. The molecule has 0 aromatic rings. The predicted molar refractivity (Wildman–Crippen MR) is 128 cm³/mol. The van der Waals surface area contributed by atoms with Gasteiger partial charge >= 0.3 is 0 Å². The molecule has 0 radical (unpaired) electrons. The van der Waals surface area contributed by atoms with Crippen LogP contribution in [0.15, 0.2) is 0 Å². The van der Waals surface area contributed by atoms with E-state index in [4.69, 9.17) is 33.2 Å². The van der Waals surface area contributed by atoms with Crippen molar-refractivity contribution in [3.63, 3.8) is 0 Å². The first-order chi connectivity index (χ1) is 20.3. The first-order valence-electron chi connectivity index (χ1n) is 13.5. The lowest BCUT2D eigenvalue weighted by Crippen LogP contribution is -2.67. The summed E-state index contributed by atoms with van der Waals surface area (Å²) >= 11 is 0. The van der Waals surface area contributed by atoms with Gasteiger partial charge in [-0.15, -0.1) is 0 Å². The zero-order valence-corrected chi connectivity index (χ0v) is 22.5. The second-order valence-corrected chi connectivity index (χ2v) is 10.7. The van der Waals surface area contributed by atoms with Gasteiger partial charge in [-0.05, 0) is 0 Å². The Morgan fingerprint density at radius 2 is 0.837 bits per heavy atom. The monoisotopic (exact) mass is 636 g/mol. The van der Waals surface area contributed by atoms with Gasteiger partial charge in [-0.2, -0.15) is 0 Å². The van der Waals surface area contributed by atoms with E-state index in [1.807, 2.05) is 0 Å². The molecule has 4 saturated heterocycles. The molecule has 4 heterocycles. The van der Waals surface area contributed by atoms with Crippen LogP contribution in [0.25, 0.3) is 0 Å². The Morgan fingerprint density at radius 1 is 0.442 bits per heavy atom. The average molecular weight is 637 g/mol. The maximum atomic E-state index is 11.0. The third-order valence-electron chi connectivity index (χ3n) is 7.81. The normalized spacial score (nSPS) is 53.1. The van der Waals surface area contributed by atoms with Crippen LogP contribution in [0.4, 0.5) is 0 Å². The third kappa shape index (κ3) is 7.13. The van der Waals surface area contributed by atoms with Gasteiger partial charge in [0.15, 0.2) is 25.2 Å². The van der Waals surface area contributed by atoms with Crippen LogP contribution < -0.4 is 0 Å². The summed E-state index contributed by atoms with van der Waals surface area (Å²) in [5, 5.41) is 133. The highest BCUT2D eigenvalue weighted by Gasteiger charge is 2.54. The summed E-state index contributed by atoms with van der Waals surface area (Å²) in [6.07, 6.45) is -33.3. The van der Waals surface area contributed by atoms with Crippen LogP contribution in [-0.2, 0) is 33.2 Å². The van der Waals surface area contributed by atoms with Gasteiger partial charge in [0.25, 0.3) is 0 Å². The molecule has 0 unspecified atom stereocenters. The SMILES string of the molecule is OC[C@H]1O[C@@H](O)[C@H](O)[C@@H](O[C@@H]2O[C@H](CO)[C@H](O)[C@H](O[C@@H]3O[C@H](CO)[C@H](O)[C@H](O[C@@H]4OC[C@H](O)[C@H](O)[C@H]4O)[C@H]3O)[C@H]2O)[C@H]1O. The lowest BCUT2D eigenvalue weighted by atomic mass is 9.95. The highest BCUT2D eigenvalue weighted by Crippen LogP contribution is 2.33. The second-order valence-electron chi connectivity index (χ2n) is 10.7. The second kappa shape index (κ2) is 14.7. The molecule has 20 nitrogen and oxygen atoms in total. The van der Waals surface area contributed by atoms with Crippen molar-refractivity contribution in [1.29, 1.82) is 0 Å². The van der Waals surface area contributed by atoms with Gasteiger partial charge < -0.3 is 99.5 Å². The largest absolute Gasteiger partial charge is 0.394 e. The molecule has 4 rings (SSSR count). The minimum absolute atomic E-state index is 0.474. The maximum Gasteiger partial charge on any atom is 0.187 e. The van der Waals surface area contributed by atoms with Gasteiger partial charge in [-0.3, -0.25) is 0 Å². The number of ether oxygens (including phenoxy) is 7. The lowest BCUT2D eigenvalue weighted by Gasteiger charge is -2.48. The minimum Gasteiger partial charge on any atom is -0.394 e. The maximum absolute atomic E-state index is 11.0. The molecule has 19 atom stereocenters. The Balaban J connectivity index is 1.51. The van der Waals surface area contributed by atoms with E-state index < -0.39 is 143 Å². The zero-order chi connectivity index (χ0) is 31.7. The van der Waals surface area contributed by atoms with E-state index in [2.05, 4.69) is 0 Å². The van der Waals surface area contributed by atoms with E-state index >= 15 is 0 Å². The number of hydrogen-bond donors (Lipinski definition) is 13. The quantitative estimate of drug-likeness (QED) is 0.112. The molecule has 0 spiro atoms. The predicted octanol–water partition coefficient (Wildman–Crippen LogP) is -9.11. The molecule has 20 heteroatoms. The molecule has 0 aromatic heterocycles. The Labute approximate surface area is 243 Å². The molecule has 13 N–H and O–H groups in total. The molecule has 4 aliphatic heterocycles. The van der Waals surface area contributed by atoms with Crippen LogP contribution >= 0.6 is 0 Å². The van der Waals surface area contributed by atoms with Gasteiger partial charge in [0.05, 0.1) is 26.4 Å². The third-order valence-corrected chi connectivity index (χ3v) is 7.81. The molecule has 0 aromatic carbocycles. The van der Waals surface area contributed by atoms with Gasteiger partial charge in [0.1, 0.15) is 91.6 Å². The van der Waals surface area contributed by atoms with Crippen LogP contribution in [-0.4, -0.2) is 210 Å².